The monoisotopic (exact) mass is 685 g/mol. The highest BCUT2D eigenvalue weighted by Gasteiger charge is 2.62. The topological polar surface area (TPSA) is 121 Å². The van der Waals surface area contributed by atoms with Crippen molar-refractivity contribution < 1.29 is 28.7 Å². The van der Waals surface area contributed by atoms with Crippen LogP contribution in [-0.4, -0.2) is 115 Å². The summed E-state index contributed by atoms with van der Waals surface area (Å²) in [5, 5.41) is 3.18. The Hall–Kier alpha value is -2.57. The molecule has 0 aromatic carbocycles. The number of ether oxygens (including phenoxy) is 2. The molecule has 1 N–H and O–H groups in total. The molecule has 1 spiro atoms. The predicted octanol–water partition coefficient (Wildman–Crippen LogP) is 3.83. The minimum Gasteiger partial charge on any atom is -0.384 e. The van der Waals surface area contributed by atoms with Crippen molar-refractivity contribution in [2.24, 2.45) is 34.5 Å². The molecule has 12 heteroatoms. The summed E-state index contributed by atoms with van der Waals surface area (Å²) in [7, 11) is 1.69. The summed E-state index contributed by atoms with van der Waals surface area (Å²) in [6, 6.07) is -0.863. The SMILES string of the molecule is COC[C@H]1CCCN(C(=O)[C@@H](NC(=O)[C@@H]2CN(C(=O)c3cncs3)CC23CN(C(=O)[C@H]2CC2(C)C)C3)[C@@H](C)O[C@@H](C)C2CCCCC2)C1. The first-order valence-corrected chi connectivity index (χ1v) is 19.0. The summed E-state index contributed by atoms with van der Waals surface area (Å²) in [6.07, 6.45) is 9.63. The van der Waals surface area contributed by atoms with Crippen LogP contribution in [0.2, 0.25) is 0 Å². The van der Waals surface area contributed by atoms with Crippen LogP contribution in [0.15, 0.2) is 11.7 Å². The standard InChI is InChI=1S/C36H55N5O6S/c1-23(26-11-7-6-8-12-26)47-24(2)30(34(45)39-13-9-10-25(16-39)18-46-5)38-31(42)28-17-40(33(44)29-15-37-22-48-29)19-36(28)20-41(21-36)32(43)27-14-35(27,3)4/h15,22-28,30H,6-14,16-21H2,1-5H3,(H,38,42)/t23-,24+,25-,27+,28-,30-/m0/s1. The van der Waals surface area contributed by atoms with Gasteiger partial charge in [-0.25, -0.2) is 0 Å². The van der Waals surface area contributed by atoms with E-state index in [2.05, 4.69) is 31.1 Å². The van der Waals surface area contributed by atoms with E-state index >= 15 is 0 Å². The molecule has 4 amide bonds. The van der Waals surface area contributed by atoms with Gasteiger partial charge in [0.15, 0.2) is 0 Å². The maximum Gasteiger partial charge on any atom is 0.265 e. The number of amides is 4. The maximum absolute atomic E-state index is 14.5. The van der Waals surface area contributed by atoms with Crippen LogP contribution in [0.1, 0.15) is 88.7 Å². The van der Waals surface area contributed by atoms with E-state index in [4.69, 9.17) is 9.47 Å². The lowest BCUT2D eigenvalue weighted by Gasteiger charge is -2.50. The first-order valence-electron chi connectivity index (χ1n) is 18.1. The van der Waals surface area contributed by atoms with E-state index in [0.717, 1.165) is 32.1 Å². The van der Waals surface area contributed by atoms with Gasteiger partial charge in [-0.15, -0.1) is 11.3 Å². The second-order valence-corrected chi connectivity index (χ2v) is 17.0. The molecule has 4 heterocycles. The highest BCUT2D eigenvalue weighted by Crippen LogP contribution is 2.54. The van der Waals surface area contributed by atoms with Crippen LogP contribution >= 0.6 is 11.3 Å². The number of carbonyl (C=O) groups excluding carboxylic acids is 4. The Morgan fingerprint density at radius 1 is 0.979 bits per heavy atom. The number of piperidine rings is 1. The summed E-state index contributed by atoms with van der Waals surface area (Å²) < 4.78 is 12.0. The van der Waals surface area contributed by atoms with Crippen molar-refractivity contribution in [3.05, 3.63) is 16.6 Å². The maximum atomic E-state index is 14.5. The summed E-state index contributed by atoms with van der Waals surface area (Å²) in [6.45, 7) is 11.5. The van der Waals surface area contributed by atoms with E-state index in [1.165, 1.54) is 30.6 Å². The van der Waals surface area contributed by atoms with Crippen molar-refractivity contribution in [3.63, 3.8) is 0 Å². The van der Waals surface area contributed by atoms with Crippen LogP contribution < -0.4 is 5.32 Å². The minimum atomic E-state index is -0.863. The highest BCUT2D eigenvalue weighted by molar-refractivity contribution is 7.11. The smallest absolute Gasteiger partial charge is 0.265 e. The summed E-state index contributed by atoms with van der Waals surface area (Å²) in [5.74, 6) is -0.254. The molecule has 11 nitrogen and oxygen atoms in total. The first kappa shape index (κ1) is 35.3. The molecular weight excluding hydrogens is 630 g/mol. The molecule has 0 unspecified atom stereocenters. The normalized spacial score (nSPS) is 28.4. The van der Waals surface area contributed by atoms with Crippen LogP contribution in [0.4, 0.5) is 0 Å². The van der Waals surface area contributed by atoms with Crippen LogP contribution in [0.5, 0.6) is 0 Å². The molecule has 3 saturated heterocycles. The van der Waals surface area contributed by atoms with Crippen LogP contribution in [0.25, 0.3) is 0 Å². The van der Waals surface area contributed by atoms with Gasteiger partial charge >= 0.3 is 0 Å². The van der Waals surface area contributed by atoms with E-state index in [0.29, 0.717) is 50.1 Å². The van der Waals surface area contributed by atoms with Gasteiger partial charge in [-0.1, -0.05) is 33.1 Å². The molecule has 2 saturated carbocycles. The molecule has 2 aliphatic carbocycles. The van der Waals surface area contributed by atoms with E-state index in [9.17, 15) is 19.2 Å². The molecule has 6 atom stereocenters. The Morgan fingerprint density at radius 3 is 2.33 bits per heavy atom. The van der Waals surface area contributed by atoms with Crippen molar-refractivity contribution in [1.29, 1.82) is 0 Å². The molecule has 5 fully saturated rings. The lowest BCUT2D eigenvalue weighted by atomic mass is 9.70. The van der Waals surface area contributed by atoms with Crippen LogP contribution in [0, 0.1) is 34.5 Å². The molecule has 1 aromatic rings. The van der Waals surface area contributed by atoms with Crippen molar-refractivity contribution in [1.82, 2.24) is 25.0 Å². The van der Waals surface area contributed by atoms with E-state index in [1.54, 1.807) is 23.7 Å². The number of carbonyl (C=O) groups is 4. The molecule has 3 aliphatic heterocycles. The summed E-state index contributed by atoms with van der Waals surface area (Å²) in [4.78, 5) is 65.7. The predicted molar refractivity (Wildman–Crippen MR) is 182 cm³/mol. The van der Waals surface area contributed by atoms with Gasteiger partial charge in [0.1, 0.15) is 10.9 Å². The molecule has 5 aliphatic rings. The van der Waals surface area contributed by atoms with E-state index in [-0.39, 0.29) is 53.5 Å². The van der Waals surface area contributed by atoms with Gasteiger partial charge < -0.3 is 29.5 Å². The van der Waals surface area contributed by atoms with Crippen molar-refractivity contribution in [3.8, 4) is 0 Å². The molecule has 48 heavy (non-hydrogen) atoms. The third-order valence-electron chi connectivity index (χ3n) is 12.0. The second-order valence-electron chi connectivity index (χ2n) is 16.1. The number of nitrogens with zero attached hydrogens (tertiary/aromatic N) is 4. The third kappa shape index (κ3) is 7.31. The van der Waals surface area contributed by atoms with Gasteiger partial charge in [0.05, 0.1) is 36.4 Å². The molecule has 266 valence electrons. The van der Waals surface area contributed by atoms with Gasteiger partial charge in [0, 0.05) is 57.7 Å². The Balaban J connectivity index is 1.21. The number of aromatic nitrogens is 1. The lowest BCUT2D eigenvalue weighted by molar-refractivity contribution is -0.153. The fourth-order valence-corrected chi connectivity index (χ4v) is 9.45. The van der Waals surface area contributed by atoms with E-state index < -0.39 is 23.5 Å². The molecule has 0 bridgehead atoms. The number of likely N-dealkylation sites (tertiary alicyclic amines) is 3. The fourth-order valence-electron chi connectivity index (χ4n) is 8.86. The average molecular weight is 686 g/mol. The van der Waals surface area contributed by atoms with Gasteiger partial charge in [-0.2, -0.15) is 0 Å². The second kappa shape index (κ2) is 14.3. The average Bonchev–Trinajstić information content (AvgIpc) is 3.41. The third-order valence-corrected chi connectivity index (χ3v) is 12.8. The van der Waals surface area contributed by atoms with E-state index in [1.807, 2.05) is 16.7 Å². The quantitative estimate of drug-likeness (QED) is 0.376. The molecular formula is C36H55N5O6S. The zero-order chi connectivity index (χ0) is 34.2. The minimum absolute atomic E-state index is 0.00958. The largest absolute Gasteiger partial charge is 0.384 e. The Morgan fingerprint density at radius 2 is 1.69 bits per heavy atom. The Labute approximate surface area is 289 Å². The number of nitrogens with one attached hydrogen (secondary N) is 1. The van der Waals surface area contributed by atoms with Gasteiger partial charge in [-0.3, -0.25) is 24.2 Å². The van der Waals surface area contributed by atoms with Crippen LogP contribution in [-0.2, 0) is 23.9 Å². The zero-order valence-corrected chi connectivity index (χ0v) is 30.3. The molecule has 6 rings (SSSR count). The highest BCUT2D eigenvalue weighted by atomic mass is 32.1. The lowest BCUT2D eigenvalue weighted by Crippen LogP contribution is -2.66. The summed E-state index contributed by atoms with van der Waals surface area (Å²) in [5.41, 5.74) is 1.07. The van der Waals surface area contributed by atoms with Gasteiger partial charge in [0.2, 0.25) is 17.7 Å². The zero-order valence-electron chi connectivity index (χ0n) is 29.4. The number of hydrogen-bond donors (Lipinski definition) is 1. The van der Waals surface area contributed by atoms with Crippen molar-refractivity contribution >= 4 is 35.0 Å². The molecule has 1 aromatic heterocycles. The number of thiazole rings is 1. The number of methoxy groups -OCH3 is 1. The van der Waals surface area contributed by atoms with Crippen LogP contribution in [0.3, 0.4) is 0 Å². The Kier molecular flexibility index (Phi) is 10.5. The van der Waals surface area contributed by atoms with Gasteiger partial charge in [-0.05, 0) is 63.2 Å². The van der Waals surface area contributed by atoms with Crippen molar-refractivity contribution in [2.45, 2.75) is 97.3 Å². The summed E-state index contributed by atoms with van der Waals surface area (Å²) >= 11 is 1.28. The fraction of sp³-hybridized carbons (Fsp3) is 0.806. The Bertz CT molecular complexity index is 1320. The van der Waals surface area contributed by atoms with Crippen molar-refractivity contribution in [2.75, 3.05) is 53.0 Å². The molecule has 0 radical (unpaired) electrons. The first-order chi connectivity index (χ1) is 22.9. The number of rotatable bonds is 11. The number of hydrogen-bond acceptors (Lipinski definition) is 8. The van der Waals surface area contributed by atoms with Gasteiger partial charge in [0.25, 0.3) is 5.91 Å².